The Kier molecular flexibility index (Phi) is 24.4. The molecular weight excluding hydrogens is 432 g/mol. The zero-order valence-electron chi connectivity index (χ0n) is 21.6. The highest BCUT2D eigenvalue weighted by atomic mass is 16.4. The molecule has 0 heterocycles. The first-order valence-electron chi connectivity index (χ1n) is 14.0. The monoisotopic (exact) mass is 486 g/mol. The molecule has 34 heavy (non-hydrogen) atoms. The minimum Gasteiger partial charge on any atom is -0.481 e. The number of aliphatic hydroxyl groups excluding tert-OH is 4. The van der Waals surface area contributed by atoms with Crippen LogP contribution in [0.5, 0.6) is 0 Å². The Bertz CT molecular complexity index is 468. The predicted octanol–water partition coefficient (Wildman–Crippen LogP) is 5.75. The molecule has 0 aliphatic rings. The highest BCUT2D eigenvalue weighted by molar-refractivity contribution is 5.69. The SMILES string of the molecule is O=C(O)C(CCCCCCCCCC/C=C\CCCCCCCCCC(O)CO)CC(O)CO. The number of aliphatic hydroxyl groups is 4. The van der Waals surface area contributed by atoms with E-state index in [-0.39, 0.29) is 19.6 Å². The lowest BCUT2D eigenvalue weighted by Crippen LogP contribution is -2.23. The summed E-state index contributed by atoms with van der Waals surface area (Å²) in [6, 6.07) is 0. The highest BCUT2D eigenvalue weighted by Crippen LogP contribution is 2.18. The average Bonchev–Trinajstić information content (AvgIpc) is 2.83. The molecule has 0 bridgehead atoms. The normalized spacial score (nSPS) is 14.5. The van der Waals surface area contributed by atoms with Crippen LogP contribution in [0.3, 0.4) is 0 Å². The Morgan fingerprint density at radius 3 is 1.35 bits per heavy atom. The number of unbranched alkanes of at least 4 members (excludes halogenated alkanes) is 15. The van der Waals surface area contributed by atoms with Gasteiger partial charge in [-0.05, 0) is 44.9 Å². The zero-order chi connectivity index (χ0) is 25.3. The molecule has 0 aliphatic carbocycles. The van der Waals surface area contributed by atoms with Gasteiger partial charge in [-0.2, -0.15) is 0 Å². The van der Waals surface area contributed by atoms with Crippen molar-refractivity contribution >= 4 is 5.97 Å². The smallest absolute Gasteiger partial charge is 0.306 e. The summed E-state index contributed by atoms with van der Waals surface area (Å²) in [7, 11) is 0. The Labute approximate surface area is 208 Å². The van der Waals surface area contributed by atoms with Crippen LogP contribution in [0, 0.1) is 5.92 Å². The first kappa shape index (κ1) is 33.0. The quantitative estimate of drug-likeness (QED) is 0.0784. The lowest BCUT2D eigenvalue weighted by molar-refractivity contribution is -0.143. The molecule has 0 aliphatic heterocycles. The largest absolute Gasteiger partial charge is 0.481 e. The third-order valence-corrected chi connectivity index (χ3v) is 6.58. The molecule has 3 unspecified atom stereocenters. The van der Waals surface area contributed by atoms with E-state index < -0.39 is 24.1 Å². The average molecular weight is 487 g/mol. The number of hydrogen-bond acceptors (Lipinski definition) is 5. The van der Waals surface area contributed by atoms with E-state index in [2.05, 4.69) is 12.2 Å². The summed E-state index contributed by atoms with van der Waals surface area (Å²) in [4.78, 5) is 11.2. The molecule has 202 valence electrons. The molecule has 0 rings (SSSR count). The van der Waals surface area contributed by atoms with Gasteiger partial charge in [0.1, 0.15) is 0 Å². The van der Waals surface area contributed by atoms with Gasteiger partial charge in [0.2, 0.25) is 0 Å². The van der Waals surface area contributed by atoms with Gasteiger partial charge in [-0.25, -0.2) is 0 Å². The van der Waals surface area contributed by atoms with Gasteiger partial charge in [0.25, 0.3) is 0 Å². The third-order valence-electron chi connectivity index (χ3n) is 6.58. The predicted molar refractivity (Wildman–Crippen MR) is 139 cm³/mol. The van der Waals surface area contributed by atoms with E-state index in [1.165, 1.54) is 77.0 Å². The maximum absolute atomic E-state index is 11.2. The van der Waals surface area contributed by atoms with E-state index >= 15 is 0 Å². The Morgan fingerprint density at radius 2 is 0.941 bits per heavy atom. The molecule has 0 saturated carbocycles. The minimum atomic E-state index is -0.928. The molecule has 0 aromatic heterocycles. The van der Waals surface area contributed by atoms with Crippen molar-refractivity contribution in [3.8, 4) is 0 Å². The first-order valence-corrected chi connectivity index (χ1v) is 14.0. The summed E-state index contributed by atoms with van der Waals surface area (Å²) in [6.45, 7) is -0.489. The summed E-state index contributed by atoms with van der Waals surface area (Å²) < 4.78 is 0. The molecular formula is C28H54O6. The number of carboxylic acids is 1. The van der Waals surface area contributed by atoms with Gasteiger partial charge in [0, 0.05) is 0 Å². The van der Waals surface area contributed by atoms with Gasteiger partial charge in [0.05, 0.1) is 31.3 Å². The van der Waals surface area contributed by atoms with Gasteiger partial charge in [-0.3, -0.25) is 4.79 Å². The molecule has 3 atom stereocenters. The van der Waals surface area contributed by atoms with Crippen LogP contribution < -0.4 is 0 Å². The van der Waals surface area contributed by atoms with Crippen molar-refractivity contribution < 1.29 is 30.3 Å². The first-order chi connectivity index (χ1) is 16.5. The molecule has 0 fully saturated rings. The molecule has 0 radical (unpaired) electrons. The zero-order valence-corrected chi connectivity index (χ0v) is 21.6. The fourth-order valence-corrected chi connectivity index (χ4v) is 4.31. The van der Waals surface area contributed by atoms with Crippen molar-refractivity contribution in [3.05, 3.63) is 12.2 Å². The molecule has 6 heteroatoms. The second-order valence-corrected chi connectivity index (χ2v) is 9.87. The van der Waals surface area contributed by atoms with Crippen LogP contribution in [0.1, 0.15) is 128 Å². The molecule has 0 spiro atoms. The summed E-state index contributed by atoms with van der Waals surface area (Å²) in [5.74, 6) is -1.42. The summed E-state index contributed by atoms with van der Waals surface area (Å²) in [5, 5.41) is 45.5. The van der Waals surface area contributed by atoms with Crippen molar-refractivity contribution in [1.82, 2.24) is 0 Å². The minimum absolute atomic E-state index is 0.116. The number of carbonyl (C=O) groups is 1. The highest BCUT2D eigenvalue weighted by Gasteiger charge is 2.20. The van der Waals surface area contributed by atoms with Gasteiger partial charge in [0.15, 0.2) is 0 Å². The number of rotatable bonds is 26. The Balaban J connectivity index is 3.33. The fourth-order valence-electron chi connectivity index (χ4n) is 4.31. The third kappa shape index (κ3) is 22.8. The van der Waals surface area contributed by atoms with Crippen LogP contribution in [-0.4, -0.2) is 56.9 Å². The summed E-state index contributed by atoms with van der Waals surface area (Å²) in [6.07, 6.45) is 24.9. The standard InChI is InChI=1S/C28H54O6/c29-23-26(31)21-19-17-15-13-11-9-7-5-3-1-2-4-6-8-10-12-14-16-18-20-25(28(33)34)22-27(32)24-30/h1,3,25-27,29-32H,2,4-24H2,(H,33,34)/b3-1-. The molecule has 6 nitrogen and oxygen atoms in total. The molecule has 0 aromatic carbocycles. The van der Waals surface area contributed by atoms with Crippen molar-refractivity contribution in [3.63, 3.8) is 0 Å². The van der Waals surface area contributed by atoms with Crippen molar-refractivity contribution in [1.29, 1.82) is 0 Å². The summed E-state index contributed by atoms with van der Waals surface area (Å²) >= 11 is 0. The van der Waals surface area contributed by atoms with Crippen LogP contribution in [0.2, 0.25) is 0 Å². The van der Waals surface area contributed by atoms with Crippen LogP contribution in [0.15, 0.2) is 12.2 Å². The topological polar surface area (TPSA) is 118 Å². The van der Waals surface area contributed by atoms with Gasteiger partial charge < -0.3 is 25.5 Å². The molecule has 0 saturated heterocycles. The van der Waals surface area contributed by atoms with Crippen molar-refractivity contribution in [2.45, 2.75) is 141 Å². The second-order valence-electron chi connectivity index (χ2n) is 9.87. The van der Waals surface area contributed by atoms with E-state index in [1.807, 2.05) is 0 Å². The maximum atomic E-state index is 11.2. The van der Waals surface area contributed by atoms with E-state index in [1.54, 1.807) is 0 Å². The van der Waals surface area contributed by atoms with Gasteiger partial charge in [-0.1, -0.05) is 95.6 Å². The number of allylic oxidation sites excluding steroid dienone is 2. The lowest BCUT2D eigenvalue weighted by atomic mass is 9.94. The van der Waals surface area contributed by atoms with E-state index in [0.717, 1.165) is 38.5 Å². The number of hydrogen-bond donors (Lipinski definition) is 5. The van der Waals surface area contributed by atoms with E-state index in [4.69, 9.17) is 10.2 Å². The maximum Gasteiger partial charge on any atom is 0.306 e. The van der Waals surface area contributed by atoms with Crippen LogP contribution >= 0.6 is 0 Å². The van der Waals surface area contributed by atoms with Crippen molar-refractivity contribution in [2.24, 2.45) is 5.92 Å². The molecule has 0 aromatic rings. The summed E-state index contributed by atoms with van der Waals surface area (Å²) in [5.41, 5.74) is 0. The van der Waals surface area contributed by atoms with Crippen LogP contribution in [0.25, 0.3) is 0 Å². The van der Waals surface area contributed by atoms with Crippen LogP contribution in [0.4, 0.5) is 0 Å². The lowest BCUT2D eigenvalue weighted by Gasteiger charge is -2.15. The number of aliphatic carboxylic acids is 1. The Morgan fingerprint density at radius 1 is 0.559 bits per heavy atom. The molecule has 5 N–H and O–H groups in total. The second kappa shape index (κ2) is 25.2. The van der Waals surface area contributed by atoms with Crippen molar-refractivity contribution in [2.75, 3.05) is 13.2 Å². The Hall–Kier alpha value is -0.950. The fraction of sp³-hybridized carbons (Fsp3) is 0.893. The van der Waals surface area contributed by atoms with Gasteiger partial charge >= 0.3 is 5.97 Å². The number of carboxylic acid groups (broad SMARTS) is 1. The molecule has 0 amide bonds. The van der Waals surface area contributed by atoms with E-state index in [9.17, 15) is 20.1 Å². The van der Waals surface area contributed by atoms with E-state index in [0.29, 0.717) is 6.42 Å². The van der Waals surface area contributed by atoms with Gasteiger partial charge in [-0.15, -0.1) is 0 Å². The van der Waals surface area contributed by atoms with Crippen LogP contribution in [-0.2, 0) is 4.79 Å².